The molecule has 0 aromatic rings. The zero-order chi connectivity index (χ0) is 4.24. The molecule has 0 aromatic heterocycles. The van der Waals surface area contributed by atoms with Gasteiger partial charge in [-0.2, -0.15) is 0 Å². The summed E-state index contributed by atoms with van der Waals surface area (Å²) >= 11 is 0. The van der Waals surface area contributed by atoms with Crippen LogP contribution in [0.25, 0.3) is 0 Å². The average Bonchev–Trinajstić information content (AvgIpc) is 1.72. The number of hydrogen-bond donors (Lipinski definition) is 0. The molecule has 36 valence electrons. The van der Waals surface area contributed by atoms with E-state index in [1.54, 1.807) is 0 Å². The molecule has 0 aliphatic carbocycles. The summed E-state index contributed by atoms with van der Waals surface area (Å²) in [6.45, 7) is 0.623. The Kier molecular flexibility index (Phi) is 1.89. The van der Waals surface area contributed by atoms with Gasteiger partial charge in [-0.3, -0.25) is 0 Å². The predicted molar refractivity (Wildman–Crippen MR) is 28.9 cm³/mol. The van der Waals surface area contributed by atoms with Gasteiger partial charge in [0.2, 0.25) is 0 Å². The number of hydrogen-bond acceptors (Lipinski definition) is 2. The zero-order valence-electron chi connectivity index (χ0n) is 3.64. The fourth-order valence-corrected chi connectivity index (χ4v) is 3.25. The van der Waals surface area contributed by atoms with Crippen molar-refractivity contribution < 1.29 is 8.85 Å². The fraction of sp³-hybridized carbons (Fsp3) is 1.00. The van der Waals surface area contributed by atoms with E-state index < -0.39 is 0 Å². The predicted octanol–water partition coefficient (Wildman–Crippen LogP) is -1.47. The van der Waals surface area contributed by atoms with E-state index >= 15 is 0 Å². The van der Waals surface area contributed by atoms with Crippen molar-refractivity contribution in [3.8, 4) is 0 Å². The van der Waals surface area contributed by atoms with E-state index in [1.807, 2.05) is 0 Å². The maximum absolute atomic E-state index is 5.02. The minimum absolute atomic E-state index is 0.0548. The van der Waals surface area contributed by atoms with Crippen molar-refractivity contribution in [2.45, 2.75) is 5.67 Å². The summed E-state index contributed by atoms with van der Waals surface area (Å²) in [6, 6.07) is 0. The molecular formula is C2H8O2Si2. The topological polar surface area (TPSA) is 18.5 Å². The highest BCUT2D eigenvalue weighted by molar-refractivity contribution is 6.49. The van der Waals surface area contributed by atoms with Gasteiger partial charge in [-0.25, -0.2) is 0 Å². The molecule has 0 radical (unpaired) electrons. The Morgan fingerprint density at radius 1 is 1.17 bits per heavy atom. The Bertz CT molecular complexity index is 25.0. The molecule has 2 nitrogen and oxygen atoms in total. The van der Waals surface area contributed by atoms with Gasteiger partial charge in [0, 0.05) is 0 Å². The third kappa shape index (κ3) is 1.21. The molecule has 4 heteroatoms. The van der Waals surface area contributed by atoms with Crippen LogP contribution in [-0.4, -0.2) is 26.3 Å². The molecule has 1 saturated heterocycles. The molecule has 1 fully saturated rings. The molecule has 0 aromatic carbocycles. The van der Waals surface area contributed by atoms with E-state index in [2.05, 4.69) is 0 Å². The largest absolute Gasteiger partial charge is 0.403 e. The summed E-state index contributed by atoms with van der Waals surface area (Å²) in [5.41, 5.74) is 1.33. The lowest BCUT2D eigenvalue weighted by atomic mass is 11.6. The van der Waals surface area contributed by atoms with Crippen LogP contribution >= 0.6 is 0 Å². The summed E-state index contributed by atoms with van der Waals surface area (Å²) in [6.07, 6.45) is 0. The van der Waals surface area contributed by atoms with Crippen molar-refractivity contribution in [2.24, 2.45) is 0 Å². The zero-order valence-corrected chi connectivity index (χ0v) is 6.47. The fourth-order valence-electron chi connectivity index (χ4n) is 0.440. The summed E-state index contributed by atoms with van der Waals surface area (Å²) < 4.78 is 10.0. The Morgan fingerprint density at radius 3 is 2.00 bits per heavy atom. The maximum Gasteiger partial charge on any atom is 0.163 e. The summed E-state index contributed by atoms with van der Waals surface area (Å²) in [5, 5.41) is 0. The molecule has 1 aliphatic rings. The van der Waals surface area contributed by atoms with E-state index in [0.717, 1.165) is 0 Å². The molecule has 0 bridgehead atoms. The monoisotopic (exact) mass is 120 g/mol. The first kappa shape index (κ1) is 4.51. The number of rotatable bonds is 0. The minimum Gasteiger partial charge on any atom is -0.403 e. The van der Waals surface area contributed by atoms with Crippen LogP contribution in [0.15, 0.2) is 0 Å². The lowest BCUT2D eigenvalue weighted by molar-refractivity contribution is 0.120. The molecule has 1 heterocycles. The van der Waals surface area contributed by atoms with Gasteiger partial charge in [0.1, 0.15) is 6.79 Å². The van der Waals surface area contributed by atoms with Gasteiger partial charge in [-0.15, -0.1) is 0 Å². The lowest BCUT2D eigenvalue weighted by Gasteiger charge is -2.09. The van der Waals surface area contributed by atoms with Gasteiger partial charge in [-0.05, 0) is 5.67 Å². The first-order valence-corrected chi connectivity index (χ1v) is 5.31. The minimum atomic E-state index is -0.0548. The smallest absolute Gasteiger partial charge is 0.163 e. The molecule has 6 heavy (non-hydrogen) atoms. The van der Waals surface area contributed by atoms with Crippen molar-refractivity contribution in [1.82, 2.24) is 0 Å². The SMILES string of the molecule is C1O[SiH2]C[SiH2]O1. The standard InChI is InChI=1S/C2H8O2Si2/c1-3-5-2-6-4-1/h1-2,5-6H2. The van der Waals surface area contributed by atoms with E-state index in [9.17, 15) is 0 Å². The first-order chi connectivity index (χ1) is 3.00. The lowest BCUT2D eigenvalue weighted by Crippen LogP contribution is -2.16. The third-order valence-corrected chi connectivity index (χ3v) is 3.96. The molecule has 0 atom stereocenters. The Balaban J connectivity index is 2.00. The summed E-state index contributed by atoms with van der Waals surface area (Å²) in [4.78, 5) is 0. The summed E-state index contributed by atoms with van der Waals surface area (Å²) in [5.74, 6) is 0. The van der Waals surface area contributed by atoms with Gasteiger partial charge in [0.25, 0.3) is 0 Å². The van der Waals surface area contributed by atoms with Crippen molar-refractivity contribution in [1.29, 1.82) is 0 Å². The van der Waals surface area contributed by atoms with E-state index in [-0.39, 0.29) is 19.5 Å². The second-order valence-corrected chi connectivity index (χ2v) is 5.75. The molecule has 1 rings (SSSR count). The second-order valence-electron chi connectivity index (χ2n) is 1.29. The highest BCUT2D eigenvalue weighted by Crippen LogP contribution is 1.87. The molecule has 0 saturated carbocycles. The van der Waals surface area contributed by atoms with Crippen LogP contribution in [0.1, 0.15) is 0 Å². The normalized spacial score (nSPS) is 32.0. The average molecular weight is 120 g/mol. The molecule has 0 unspecified atom stereocenters. The van der Waals surface area contributed by atoms with Gasteiger partial charge in [0.15, 0.2) is 19.5 Å². The van der Waals surface area contributed by atoms with E-state index in [1.165, 1.54) is 5.67 Å². The van der Waals surface area contributed by atoms with Crippen molar-refractivity contribution in [3.63, 3.8) is 0 Å². The van der Waals surface area contributed by atoms with Crippen molar-refractivity contribution in [3.05, 3.63) is 0 Å². The van der Waals surface area contributed by atoms with E-state index in [0.29, 0.717) is 6.79 Å². The van der Waals surface area contributed by atoms with Gasteiger partial charge >= 0.3 is 0 Å². The third-order valence-electron chi connectivity index (χ3n) is 0.744. The van der Waals surface area contributed by atoms with E-state index in [4.69, 9.17) is 8.85 Å². The van der Waals surface area contributed by atoms with Crippen LogP contribution in [-0.2, 0) is 8.85 Å². The maximum atomic E-state index is 5.02. The Labute approximate surface area is 41.7 Å². The molecule has 1 aliphatic heterocycles. The molecule has 0 spiro atoms. The van der Waals surface area contributed by atoms with Crippen molar-refractivity contribution in [2.75, 3.05) is 6.79 Å². The van der Waals surface area contributed by atoms with Gasteiger partial charge in [-0.1, -0.05) is 0 Å². The molecule has 0 N–H and O–H groups in total. The highest BCUT2D eigenvalue weighted by atomic mass is 28.3. The summed E-state index contributed by atoms with van der Waals surface area (Å²) in [7, 11) is -0.110. The van der Waals surface area contributed by atoms with Crippen LogP contribution in [0.2, 0.25) is 5.67 Å². The van der Waals surface area contributed by atoms with Crippen LogP contribution < -0.4 is 0 Å². The van der Waals surface area contributed by atoms with Crippen LogP contribution in [0, 0.1) is 0 Å². The Morgan fingerprint density at radius 2 is 1.83 bits per heavy atom. The molecular weight excluding hydrogens is 112 g/mol. The quantitative estimate of drug-likeness (QED) is 0.364. The van der Waals surface area contributed by atoms with Gasteiger partial charge < -0.3 is 8.85 Å². The van der Waals surface area contributed by atoms with Crippen LogP contribution in [0.4, 0.5) is 0 Å². The second kappa shape index (κ2) is 2.51. The first-order valence-electron chi connectivity index (χ1n) is 2.15. The van der Waals surface area contributed by atoms with Crippen LogP contribution in [0.5, 0.6) is 0 Å². The highest BCUT2D eigenvalue weighted by Gasteiger charge is 1.96. The van der Waals surface area contributed by atoms with Gasteiger partial charge in [0.05, 0.1) is 0 Å². The van der Waals surface area contributed by atoms with Crippen molar-refractivity contribution >= 4 is 19.5 Å². The van der Waals surface area contributed by atoms with Crippen LogP contribution in [0.3, 0.4) is 0 Å². The Hall–Kier alpha value is 0.354. The molecule has 0 amide bonds.